The molecule has 0 saturated heterocycles. The molecule has 2 N–H and O–H groups in total. The maximum absolute atomic E-state index is 9.89. The van der Waals surface area contributed by atoms with Crippen molar-refractivity contribution < 1.29 is 10.2 Å². The molecule has 0 aliphatic heterocycles. The number of aromatic nitrogens is 2. The molecule has 1 aromatic heterocycles. The molecule has 2 rings (SSSR count). The van der Waals surface area contributed by atoms with Gasteiger partial charge in [-0.2, -0.15) is 5.10 Å². The molecule has 4 nitrogen and oxygen atoms in total. The third-order valence-electron chi connectivity index (χ3n) is 2.24. The summed E-state index contributed by atoms with van der Waals surface area (Å²) >= 11 is 5.71. The molecule has 0 saturated carbocycles. The first-order valence-corrected chi connectivity index (χ1v) is 5.18. The van der Waals surface area contributed by atoms with Crippen molar-refractivity contribution in [3.8, 4) is 5.75 Å². The molecule has 1 unspecified atom stereocenters. The molecule has 1 heterocycles. The fraction of sp³-hybridized carbons (Fsp3) is 0.182. The average Bonchev–Trinajstić information content (AvgIpc) is 2.65. The van der Waals surface area contributed by atoms with Crippen molar-refractivity contribution in [1.82, 2.24) is 9.78 Å². The summed E-state index contributed by atoms with van der Waals surface area (Å²) in [6, 6.07) is 6.42. The summed E-state index contributed by atoms with van der Waals surface area (Å²) in [6.45, 7) is 0.331. The van der Waals surface area contributed by atoms with Crippen LogP contribution in [0.25, 0.3) is 0 Å². The summed E-state index contributed by atoms with van der Waals surface area (Å²) in [5, 5.41) is 23.5. The first-order valence-electron chi connectivity index (χ1n) is 4.80. The normalized spacial score (nSPS) is 12.6. The fourth-order valence-corrected chi connectivity index (χ4v) is 1.57. The Morgan fingerprint density at radius 3 is 2.56 bits per heavy atom. The highest BCUT2D eigenvalue weighted by Gasteiger charge is 2.08. The van der Waals surface area contributed by atoms with Gasteiger partial charge >= 0.3 is 0 Å². The van der Waals surface area contributed by atoms with Crippen LogP contribution in [0.3, 0.4) is 0 Å². The topological polar surface area (TPSA) is 58.3 Å². The second-order valence-corrected chi connectivity index (χ2v) is 3.92. The first kappa shape index (κ1) is 11.0. The van der Waals surface area contributed by atoms with E-state index in [9.17, 15) is 5.11 Å². The fourth-order valence-electron chi connectivity index (χ4n) is 1.42. The van der Waals surface area contributed by atoms with E-state index in [1.165, 1.54) is 18.3 Å². The molecule has 0 bridgehead atoms. The van der Waals surface area contributed by atoms with Crippen molar-refractivity contribution >= 4 is 11.6 Å². The number of hydrogen-bond donors (Lipinski definition) is 2. The zero-order chi connectivity index (χ0) is 11.5. The summed E-state index contributed by atoms with van der Waals surface area (Å²) in [5.41, 5.74) is 0.726. The van der Waals surface area contributed by atoms with Crippen molar-refractivity contribution in [3.05, 3.63) is 47.2 Å². The van der Waals surface area contributed by atoms with E-state index in [2.05, 4.69) is 5.10 Å². The van der Waals surface area contributed by atoms with Gasteiger partial charge in [-0.25, -0.2) is 0 Å². The van der Waals surface area contributed by atoms with E-state index in [4.69, 9.17) is 16.7 Å². The van der Waals surface area contributed by atoms with E-state index >= 15 is 0 Å². The Hall–Kier alpha value is -1.52. The van der Waals surface area contributed by atoms with Gasteiger partial charge in [0, 0.05) is 6.20 Å². The van der Waals surface area contributed by atoms with Crippen LogP contribution in [0.1, 0.15) is 11.7 Å². The van der Waals surface area contributed by atoms with E-state index in [1.807, 2.05) is 0 Å². The first-order chi connectivity index (χ1) is 7.65. The van der Waals surface area contributed by atoms with Gasteiger partial charge in [-0.1, -0.05) is 23.7 Å². The van der Waals surface area contributed by atoms with Crippen LogP contribution in [0.2, 0.25) is 5.02 Å². The smallest absolute Gasteiger partial charge is 0.115 e. The largest absolute Gasteiger partial charge is 0.508 e. The average molecular weight is 239 g/mol. The minimum atomic E-state index is -0.670. The summed E-state index contributed by atoms with van der Waals surface area (Å²) in [4.78, 5) is 0. The number of halogens is 1. The van der Waals surface area contributed by atoms with Crippen molar-refractivity contribution in [2.75, 3.05) is 0 Å². The maximum Gasteiger partial charge on any atom is 0.115 e. The number of benzene rings is 1. The SMILES string of the molecule is Oc1ccc(C(O)Cn2cc(Cl)cn2)cc1. The van der Waals surface area contributed by atoms with Gasteiger partial charge in [-0.3, -0.25) is 4.68 Å². The number of rotatable bonds is 3. The molecule has 16 heavy (non-hydrogen) atoms. The highest BCUT2D eigenvalue weighted by Crippen LogP contribution is 2.18. The van der Waals surface area contributed by atoms with Gasteiger partial charge in [0.1, 0.15) is 5.75 Å². The Bertz CT molecular complexity index is 467. The van der Waals surface area contributed by atoms with Gasteiger partial charge in [0.25, 0.3) is 0 Å². The third kappa shape index (κ3) is 2.53. The molecule has 0 spiro atoms. The van der Waals surface area contributed by atoms with Crippen LogP contribution < -0.4 is 0 Å². The number of aromatic hydroxyl groups is 1. The molecular weight excluding hydrogens is 228 g/mol. The van der Waals surface area contributed by atoms with E-state index < -0.39 is 6.10 Å². The predicted molar refractivity (Wildman–Crippen MR) is 60.3 cm³/mol. The van der Waals surface area contributed by atoms with Crippen LogP contribution in [-0.4, -0.2) is 20.0 Å². The van der Waals surface area contributed by atoms with Crippen molar-refractivity contribution in [2.45, 2.75) is 12.6 Å². The molecule has 1 atom stereocenters. The number of hydrogen-bond acceptors (Lipinski definition) is 3. The predicted octanol–water partition coefficient (Wildman–Crippen LogP) is 1.98. The number of phenolic OH excluding ortho intramolecular Hbond substituents is 1. The molecule has 0 aliphatic rings. The monoisotopic (exact) mass is 238 g/mol. The molecule has 0 amide bonds. The van der Waals surface area contributed by atoms with Crippen LogP contribution in [0.5, 0.6) is 5.75 Å². The van der Waals surface area contributed by atoms with Crippen LogP contribution in [0.15, 0.2) is 36.7 Å². The summed E-state index contributed by atoms with van der Waals surface area (Å²) in [7, 11) is 0. The second-order valence-electron chi connectivity index (χ2n) is 3.49. The van der Waals surface area contributed by atoms with Crippen LogP contribution in [0.4, 0.5) is 0 Å². The van der Waals surface area contributed by atoms with Crippen LogP contribution >= 0.6 is 11.6 Å². The quantitative estimate of drug-likeness (QED) is 0.860. The van der Waals surface area contributed by atoms with Crippen molar-refractivity contribution in [2.24, 2.45) is 0 Å². The third-order valence-corrected chi connectivity index (χ3v) is 2.43. The van der Waals surface area contributed by atoms with E-state index in [0.29, 0.717) is 11.6 Å². The molecule has 1 aromatic carbocycles. The second kappa shape index (κ2) is 4.55. The van der Waals surface area contributed by atoms with Crippen LogP contribution in [0, 0.1) is 0 Å². The number of nitrogens with zero attached hydrogens (tertiary/aromatic N) is 2. The van der Waals surface area contributed by atoms with E-state index in [1.54, 1.807) is 23.0 Å². The molecule has 5 heteroatoms. The minimum absolute atomic E-state index is 0.179. The van der Waals surface area contributed by atoms with Crippen molar-refractivity contribution in [3.63, 3.8) is 0 Å². The lowest BCUT2D eigenvalue weighted by molar-refractivity contribution is 0.151. The van der Waals surface area contributed by atoms with E-state index in [-0.39, 0.29) is 5.75 Å². The molecule has 0 aliphatic carbocycles. The van der Waals surface area contributed by atoms with Gasteiger partial charge in [-0.15, -0.1) is 0 Å². The Morgan fingerprint density at radius 2 is 2.00 bits per heavy atom. The highest BCUT2D eigenvalue weighted by atomic mass is 35.5. The van der Waals surface area contributed by atoms with Gasteiger partial charge in [0.2, 0.25) is 0 Å². The molecule has 84 valence electrons. The zero-order valence-corrected chi connectivity index (χ0v) is 9.17. The van der Waals surface area contributed by atoms with E-state index in [0.717, 1.165) is 5.56 Å². The summed E-state index contributed by atoms with van der Waals surface area (Å²) in [6.07, 6.45) is 2.49. The summed E-state index contributed by atoms with van der Waals surface area (Å²) < 4.78 is 1.57. The Morgan fingerprint density at radius 1 is 1.31 bits per heavy atom. The lowest BCUT2D eigenvalue weighted by atomic mass is 10.1. The molecular formula is C11H11ClN2O2. The number of aliphatic hydroxyl groups excluding tert-OH is 1. The lowest BCUT2D eigenvalue weighted by Crippen LogP contribution is -2.08. The Kier molecular flexibility index (Phi) is 3.12. The maximum atomic E-state index is 9.89. The van der Waals surface area contributed by atoms with Gasteiger partial charge < -0.3 is 10.2 Å². The summed E-state index contributed by atoms with van der Waals surface area (Å²) in [5.74, 6) is 0.179. The van der Waals surface area contributed by atoms with Crippen LogP contribution in [-0.2, 0) is 6.54 Å². The van der Waals surface area contributed by atoms with Gasteiger partial charge in [0.05, 0.1) is 23.9 Å². The minimum Gasteiger partial charge on any atom is -0.508 e. The van der Waals surface area contributed by atoms with Crippen molar-refractivity contribution in [1.29, 1.82) is 0 Å². The van der Waals surface area contributed by atoms with Gasteiger partial charge in [0.15, 0.2) is 0 Å². The Balaban J connectivity index is 2.08. The molecule has 2 aromatic rings. The highest BCUT2D eigenvalue weighted by molar-refractivity contribution is 6.30. The zero-order valence-electron chi connectivity index (χ0n) is 8.42. The number of phenols is 1. The molecule has 0 fully saturated rings. The molecule has 0 radical (unpaired) electrons. The standard InChI is InChI=1S/C11H11ClN2O2/c12-9-5-13-14(6-9)7-11(16)8-1-3-10(15)4-2-8/h1-6,11,15-16H,7H2. The number of aliphatic hydroxyl groups is 1. The Labute approximate surface area is 97.7 Å². The lowest BCUT2D eigenvalue weighted by Gasteiger charge is -2.10. The van der Waals surface area contributed by atoms with Gasteiger partial charge in [-0.05, 0) is 17.7 Å².